The number of piperazine rings is 1. The first kappa shape index (κ1) is 12.8. The Balaban J connectivity index is 1.72. The van der Waals surface area contributed by atoms with Crippen LogP contribution in [0.25, 0.3) is 0 Å². The number of nitrogens with zero attached hydrogens (tertiary/aromatic N) is 2. The molecule has 2 heterocycles. The van der Waals surface area contributed by atoms with Crippen molar-refractivity contribution in [2.45, 2.75) is 6.04 Å². The van der Waals surface area contributed by atoms with Crippen molar-refractivity contribution in [3.8, 4) is 0 Å². The third kappa shape index (κ3) is 3.92. The molecule has 1 atom stereocenters. The highest BCUT2D eigenvalue weighted by Crippen LogP contribution is 2.02. The number of morpholine rings is 1. The lowest BCUT2D eigenvalue weighted by atomic mass is 10.2. The Bertz CT molecular complexity index is 256. The summed E-state index contributed by atoms with van der Waals surface area (Å²) in [5, 5.41) is 11.8. The number of aliphatic hydroxyl groups excluding tert-OH is 1. The van der Waals surface area contributed by atoms with Gasteiger partial charge in [-0.2, -0.15) is 0 Å². The molecule has 6 heteroatoms. The van der Waals surface area contributed by atoms with Gasteiger partial charge in [0, 0.05) is 32.7 Å². The minimum absolute atomic E-state index is 0.0114. The summed E-state index contributed by atoms with van der Waals surface area (Å²) in [6.07, 6.45) is 0. The average Bonchev–Trinajstić information content (AvgIpc) is 2.37. The van der Waals surface area contributed by atoms with E-state index in [0.29, 0.717) is 6.54 Å². The molecule has 0 saturated carbocycles. The summed E-state index contributed by atoms with van der Waals surface area (Å²) < 4.78 is 5.29. The van der Waals surface area contributed by atoms with Gasteiger partial charge in [-0.15, -0.1) is 0 Å². The van der Waals surface area contributed by atoms with Crippen LogP contribution < -0.4 is 5.32 Å². The van der Waals surface area contributed by atoms with Crippen LogP contribution in [0.2, 0.25) is 0 Å². The zero-order valence-electron chi connectivity index (χ0n) is 10.1. The van der Waals surface area contributed by atoms with E-state index in [2.05, 4.69) is 15.1 Å². The van der Waals surface area contributed by atoms with E-state index >= 15 is 0 Å². The van der Waals surface area contributed by atoms with E-state index in [0.717, 1.165) is 45.9 Å². The molecule has 2 fully saturated rings. The van der Waals surface area contributed by atoms with Crippen molar-refractivity contribution in [1.29, 1.82) is 0 Å². The van der Waals surface area contributed by atoms with Crippen LogP contribution in [0.1, 0.15) is 0 Å². The van der Waals surface area contributed by atoms with Gasteiger partial charge in [0.25, 0.3) is 0 Å². The second-order valence-corrected chi connectivity index (χ2v) is 4.64. The van der Waals surface area contributed by atoms with E-state index in [1.54, 1.807) is 0 Å². The van der Waals surface area contributed by atoms with Gasteiger partial charge in [-0.25, -0.2) is 0 Å². The molecule has 1 amide bonds. The number of nitrogens with one attached hydrogen (secondary N) is 1. The van der Waals surface area contributed by atoms with Gasteiger partial charge in [0.2, 0.25) is 5.91 Å². The normalized spacial score (nSPS) is 28.1. The fourth-order valence-electron chi connectivity index (χ4n) is 2.28. The lowest BCUT2D eigenvalue weighted by molar-refractivity contribution is -0.126. The SMILES string of the molecule is O=C1CN(CCN2CCOCC2)CC(CO)N1. The van der Waals surface area contributed by atoms with Gasteiger partial charge >= 0.3 is 0 Å². The van der Waals surface area contributed by atoms with E-state index in [4.69, 9.17) is 9.84 Å². The number of ether oxygens (including phenoxy) is 1. The highest BCUT2D eigenvalue weighted by molar-refractivity contribution is 5.79. The van der Waals surface area contributed by atoms with Gasteiger partial charge in [-0.1, -0.05) is 0 Å². The summed E-state index contributed by atoms with van der Waals surface area (Å²) in [6, 6.07) is -0.110. The number of aliphatic hydroxyl groups is 1. The zero-order valence-corrected chi connectivity index (χ0v) is 10.1. The van der Waals surface area contributed by atoms with Crippen LogP contribution in [-0.2, 0) is 9.53 Å². The third-order valence-electron chi connectivity index (χ3n) is 3.27. The second kappa shape index (κ2) is 6.30. The molecule has 0 aliphatic carbocycles. The summed E-state index contributed by atoms with van der Waals surface area (Å²) in [6.45, 7) is 6.61. The van der Waals surface area contributed by atoms with Gasteiger partial charge in [0.1, 0.15) is 0 Å². The van der Waals surface area contributed by atoms with Crippen LogP contribution in [0.4, 0.5) is 0 Å². The van der Waals surface area contributed by atoms with Crippen molar-refractivity contribution in [2.75, 3.05) is 59.1 Å². The van der Waals surface area contributed by atoms with E-state index in [1.807, 2.05) is 0 Å². The summed E-state index contributed by atoms with van der Waals surface area (Å²) in [4.78, 5) is 15.9. The van der Waals surface area contributed by atoms with Crippen molar-refractivity contribution < 1.29 is 14.6 Å². The van der Waals surface area contributed by atoms with Crippen molar-refractivity contribution in [3.05, 3.63) is 0 Å². The summed E-state index contributed by atoms with van der Waals surface area (Å²) in [7, 11) is 0. The Morgan fingerprint density at radius 1 is 1.29 bits per heavy atom. The van der Waals surface area contributed by atoms with Crippen molar-refractivity contribution in [1.82, 2.24) is 15.1 Å². The maximum atomic E-state index is 11.4. The second-order valence-electron chi connectivity index (χ2n) is 4.64. The molecule has 0 spiro atoms. The zero-order chi connectivity index (χ0) is 12.1. The highest BCUT2D eigenvalue weighted by atomic mass is 16.5. The Morgan fingerprint density at radius 3 is 2.71 bits per heavy atom. The maximum absolute atomic E-state index is 11.4. The van der Waals surface area contributed by atoms with E-state index in [-0.39, 0.29) is 18.6 Å². The number of carbonyl (C=O) groups is 1. The Morgan fingerprint density at radius 2 is 2.00 bits per heavy atom. The number of rotatable bonds is 4. The van der Waals surface area contributed by atoms with Crippen LogP contribution in [-0.4, -0.2) is 85.9 Å². The molecular weight excluding hydrogens is 222 g/mol. The molecule has 0 aromatic rings. The number of amides is 1. The molecule has 2 rings (SSSR count). The summed E-state index contributed by atoms with van der Waals surface area (Å²) in [5.74, 6) is 0.0114. The molecule has 0 aromatic heterocycles. The molecule has 2 N–H and O–H groups in total. The fourth-order valence-corrected chi connectivity index (χ4v) is 2.28. The van der Waals surface area contributed by atoms with Crippen LogP contribution in [0, 0.1) is 0 Å². The van der Waals surface area contributed by atoms with Crippen molar-refractivity contribution in [3.63, 3.8) is 0 Å². The van der Waals surface area contributed by atoms with Crippen LogP contribution in [0.15, 0.2) is 0 Å². The molecule has 2 aliphatic rings. The largest absolute Gasteiger partial charge is 0.394 e. The molecular formula is C11H21N3O3. The molecule has 17 heavy (non-hydrogen) atoms. The first-order chi connectivity index (χ1) is 8.28. The Kier molecular flexibility index (Phi) is 4.73. The fraction of sp³-hybridized carbons (Fsp3) is 0.909. The van der Waals surface area contributed by atoms with E-state index in [9.17, 15) is 4.79 Å². The standard InChI is InChI=1S/C11H21N3O3/c15-9-10-7-14(8-11(16)12-10)2-1-13-3-5-17-6-4-13/h10,15H,1-9H2,(H,12,16). The lowest BCUT2D eigenvalue weighted by Gasteiger charge is -2.34. The first-order valence-corrected chi connectivity index (χ1v) is 6.20. The molecule has 2 saturated heterocycles. The number of carbonyl (C=O) groups excluding carboxylic acids is 1. The molecule has 0 aromatic carbocycles. The lowest BCUT2D eigenvalue weighted by Crippen LogP contribution is -2.56. The number of hydrogen-bond acceptors (Lipinski definition) is 5. The average molecular weight is 243 g/mol. The monoisotopic (exact) mass is 243 g/mol. The maximum Gasteiger partial charge on any atom is 0.234 e. The van der Waals surface area contributed by atoms with Gasteiger partial charge in [0.15, 0.2) is 0 Å². The molecule has 1 unspecified atom stereocenters. The van der Waals surface area contributed by atoms with Crippen LogP contribution in [0.5, 0.6) is 0 Å². The Hall–Kier alpha value is -0.690. The number of hydrogen-bond donors (Lipinski definition) is 2. The quantitative estimate of drug-likeness (QED) is 0.604. The minimum atomic E-state index is -0.110. The van der Waals surface area contributed by atoms with Gasteiger partial charge in [-0.05, 0) is 0 Å². The molecule has 0 radical (unpaired) electrons. The van der Waals surface area contributed by atoms with E-state index in [1.165, 1.54) is 0 Å². The molecule has 0 bridgehead atoms. The van der Waals surface area contributed by atoms with Gasteiger partial charge < -0.3 is 15.2 Å². The van der Waals surface area contributed by atoms with Crippen molar-refractivity contribution in [2.24, 2.45) is 0 Å². The Labute approximate surface area is 102 Å². The van der Waals surface area contributed by atoms with Gasteiger partial charge in [0.05, 0.1) is 32.4 Å². The minimum Gasteiger partial charge on any atom is -0.394 e. The smallest absolute Gasteiger partial charge is 0.234 e. The van der Waals surface area contributed by atoms with Gasteiger partial charge in [-0.3, -0.25) is 14.6 Å². The molecule has 6 nitrogen and oxygen atoms in total. The first-order valence-electron chi connectivity index (χ1n) is 6.20. The predicted molar refractivity (Wildman–Crippen MR) is 62.7 cm³/mol. The summed E-state index contributed by atoms with van der Waals surface area (Å²) in [5.41, 5.74) is 0. The third-order valence-corrected chi connectivity index (χ3v) is 3.27. The predicted octanol–water partition coefficient (Wildman–Crippen LogP) is -1.89. The van der Waals surface area contributed by atoms with Crippen LogP contribution in [0.3, 0.4) is 0 Å². The van der Waals surface area contributed by atoms with Crippen molar-refractivity contribution >= 4 is 5.91 Å². The summed E-state index contributed by atoms with van der Waals surface area (Å²) >= 11 is 0. The molecule has 2 aliphatic heterocycles. The van der Waals surface area contributed by atoms with Crippen LogP contribution >= 0.6 is 0 Å². The van der Waals surface area contributed by atoms with E-state index < -0.39 is 0 Å². The highest BCUT2D eigenvalue weighted by Gasteiger charge is 2.24. The molecule has 98 valence electrons. The topological polar surface area (TPSA) is 65.0 Å².